The van der Waals surface area contributed by atoms with Crippen LogP contribution in [-0.2, 0) is 11.2 Å². The van der Waals surface area contributed by atoms with Crippen LogP contribution in [-0.4, -0.2) is 48.0 Å². The maximum Gasteiger partial charge on any atom is 0.237 e. The number of carbonyl (C=O) groups excluding carboxylic acids is 1. The fourth-order valence-electron chi connectivity index (χ4n) is 2.99. The molecule has 0 radical (unpaired) electrons. The number of hydrogen-bond donors (Lipinski definition) is 3. The van der Waals surface area contributed by atoms with E-state index in [4.69, 9.17) is 5.73 Å². The second-order valence-corrected chi connectivity index (χ2v) is 5.93. The van der Waals surface area contributed by atoms with E-state index >= 15 is 0 Å². The normalized spacial score (nSPS) is 20.8. The van der Waals surface area contributed by atoms with Crippen LogP contribution in [0.1, 0.15) is 12.0 Å². The minimum atomic E-state index is -0.505. The van der Waals surface area contributed by atoms with E-state index in [2.05, 4.69) is 28.3 Å². The minimum absolute atomic E-state index is 0.0550. The summed E-state index contributed by atoms with van der Waals surface area (Å²) >= 11 is 0. The second kappa shape index (κ2) is 5.87. The van der Waals surface area contributed by atoms with Crippen LogP contribution in [0.15, 0.2) is 30.5 Å². The lowest BCUT2D eigenvalue weighted by atomic mass is 10.0. The topological polar surface area (TPSA) is 74.2 Å². The molecule has 5 nitrogen and oxygen atoms in total. The first-order valence-electron chi connectivity index (χ1n) is 7.43. The van der Waals surface area contributed by atoms with Crippen molar-refractivity contribution in [3.63, 3.8) is 0 Å². The van der Waals surface area contributed by atoms with E-state index in [1.54, 1.807) is 0 Å². The number of nitrogens with zero attached hydrogens (tertiary/aromatic N) is 1. The standard InChI is InChI=1S/C16H22N4O/c1-20-7-6-12(10-20)19-16(21)14(17)8-11-9-18-15-5-3-2-4-13(11)15/h2-5,9,12,14,18H,6-8,10,17H2,1H3,(H,19,21)/t12?,14-/m1/s1. The van der Waals surface area contributed by atoms with E-state index in [1.165, 1.54) is 0 Å². The summed E-state index contributed by atoms with van der Waals surface area (Å²) in [6.07, 6.45) is 3.50. The number of hydrogen-bond acceptors (Lipinski definition) is 3. The first kappa shape index (κ1) is 14.1. The third-order valence-corrected chi connectivity index (χ3v) is 4.19. The molecule has 5 heteroatoms. The van der Waals surface area contributed by atoms with Gasteiger partial charge in [-0.05, 0) is 38.1 Å². The van der Waals surface area contributed by atoms with Crippen molar-refractivity contribution in [3.8, 4) is 0 Å². The number of aromatic nitrogens is 1. The lowest BCUT2D eigenvalue weighted by Gasteiger charge is -2.16. The molecule has 2 aromatic rings. The first-order valence-corrected chi connectivity index (χ1v) is 7.43. The predicted molar refractivity (Wildman–Crippen MR) is 84.0 cm³/mol. The average molecular weight is 286 g/mol. The van der Waals surface area contributed by atoms with Gasteiger partial charge in [0.15, 0.2) is 0 Å². The summed E-state index contributed by atoms with van der Waals surface area (Å²) in [5.74, 6) is -0.0550. The fraction of sp³-hybridized carbons (Fsp3) is 0.438. The summed E-state index contributed by atoms with van der Waals surface area (Å²) in [6.45, 7) is 1.94. The van der Waals surface area contributed by atoms with E-state index in [0.29, 0.717) is 6.42 Å². The van der Waals surface area contributed by atoms with E-state index in [0.717, 1.165) is 36.0 Å². The number of likely N-dealkylation sites (tertiary alicyclic amines) is 1. The molecule has 2 heterocycles. The van der Waals surface area contributed by atoms with Crippen molar-refractivity contribution in [2.75, 3.05) is 20.1 Å². The molecule has 2 atom stereocenters. The lowest BCUT2D eigenvalue weighted by molar-refractivity contribution is -0.122. The molecule has 112 valence electrons. The van der Waals surface area contributed by atoms with E-state index in [9.17, 15) is 4.79 Å². The Morgan fingerprint density at radius 1 is 1.52 bits per heavy atom. The summed E-state index contributed by atoms with van der Waals surface area (Å²) < 4.78 is 0. The Bertz CT molecular complexity index is 636. The van der Waals surface area contributed by atoms with Crippen molar-refractivity contribution < 1.29 is 4.79 Å². The zero-order valence-corrected chi connectivity index (χ0v) is 12.3. The third kappa shape index (κ3) is 3.09. The quantitative estimate of drug-likeness (QED) is 0.780. The number of aromatic amines is 1. The van der Waals surface area contributed by atoms with Crippen LogP contribution in [0.4, 0.5) is 0 Å². The minimum Gasteiger partial charge on any atom is -0.361 e. The van der Waals surface area contributed by atoms with Gasteiger partial charge >= 0.3 is 0 Å². The summed E-state index contributed by atoms with van der Waals surface area (Å²) in [7, 11) is 2.07. The smallest absolute Gasteiger partial charge is 0.237 e. The molecule has 3 rings (SSSR count). The van der Waals surface area contributed by atoms with Crippen molar-refractivity contribution in [2.45, 2.75) is 24.9 Å². The fourth-order valence-corrected chi connectivity index (χ4v) is 2.99. The molecule has 21 heavy (non-hydrogen) atoms. The maximum atomic E-state index is 12.2. The van der Waals surface area contributed by atoms with Crippen LogP contribution >= 0.6 is 0 Å². The molecule has 1 aromatic heterocycles. The predicted octanol–water partition coefficient (Wildman–Crippen LogP) is 0.858. The number of fused-ring (bicyclic) bond motifs is 1. The molecule has 0 aliphatic carbocycles. The number of H-pyrrole nitrogens is 1. The zero-order chi connectivity index (χ0) is 14.8. The van der Waals surface area contributed by atoms with Gasteiger partial charge in [0.2, 0.25) is 5.91 Å². The summed E-state index contributed by atoms with van der Waals surface area (Å²) in [5.41, 5.74) is 8.25. The molecule has 1 unspecified atom stereocenters. The highest BCUT2D eigenvalue weighted by Gasteiger charge is 2.24. The Hall–Kier alpha value is -1.85. The molecular weight excluding hydrogens is 264 g/mol. The van der Waals surface area contributed by atoms with Gasteiger partial charge in [-0.15, -0.1) is 0 Å². The van der Waals surface area contributed by atoms with Crippen LogP contribution in [0.2, 0.25) is 0 Å². The number of benzene rings is 1. The number of nitrogens with two attached hydrogens (primary N) is 1. The van der Waals surface area contributed by atoms with Gasteiger partial charge in [0, 0.05) is 29.7 Å². The largest absolute Gasteiger partial charge is 0.361 e. The highest BCUT2D eigenvalue weighted by molar-refractivity contribution is 5.86. The van der Waals surface area contributed by atoms with Crippen LogP contribution in [0, 0.1) is 0 Å². The molecule has 0 bridgehead atoms. The summed E-state index contributed by atoms with van der Waals surface area (Å²) in [5, 5.41) is 4.19. The van der Waals surface area contributed by atoms with Gasteiger partial charge in [0.25, 0.3) is 0 Å². The molecule has 1 aliphatic heterocycles. The van der Waals surface area contributed by atoms with Gasteiger partial charge in [-0.3, -0.25) is 4.79 Å². The molecule has 0 saturated carbocycles. The van der Waals surface area contributed by atoms with Crippen molar-refractivity contribution in [1.29, 1.82) is 0 Å². The van der Waals surface area contributed by atoms with Gasteiger partial charge in [0.05, 0.1) is 6.04 Å². The maximum absolute atomic E-state index is 12.2. The van der Waals surface area contributed by atoms with Gasteiger partial charge in [-0.2, -0.15) is 0 Å². The highest BCUT2D eigenvalue weighted by atomic mass is 16.2. The molecule has 1 amide bonds. The van der Waals surface area contributed by atoms with Crippen molar-refractivity contribution in [2.24, 2.45) is 5.73 Å². The number of para-hydroxylation sites is 1. The van der Waals surface area contributed by atoms with Crippen molar-refractivity contribution in [3.05, 3.63) is 36.0 Å². The van der Waals surface area contributed by atoms with E-state index < -0.39 is 6.04 Å². The molecule has 4 N–H and O–H groups in total. The number of rotatable bonds is 4. The van der Waals surface area contributed by atoms with Crippen LogP contribution in [0.5, 0.6) is 0 Å². The zero-order valence-electron chi connectivity index (χ0n) is 12.3. The Balaban J connectivity index is 1.63. The number of likely N-dealkylation sites (N-methyl/N-ethyl adjacent to an activating group) is 1. The molecule has 0 spiro atoms. The number of nitrogens with one attached hydrogen (secondary N) is 2. The molecular formula is C16H22N4O. The Morgan fingerprint density at radius 2 is 2.33 bits per heavy atom. The van der Waals surface area contributed by atoms with Gasteiger partial charge < -0.3 is 20.9 Å². The first-order chi connectivity index (χ1) is 10.1. The van der Waals surface area contributed by atoms with E-state index in [1.807, 2.05) is 24.4 Å². The number of amides is 1. The van der Waals surface area contributed by atoms with Crippen molar-refractivity contribution in [1.82, 2.24) is 15.2 Å². The SMILES string of the molecule is CN1CCC(NC(=O)[C@H](N)Cc2c[nH]c3ccccc23)C1. The van der Waals surface area contributed by atoms with Crippen LogP contribution in [0.25, 0.3) is 10.9 Å². The average Bonchev–Trinajstić information content (AvgIpc) is 3.06. The Labute approximate surface area is 124 Å². The van der Waals surface area contributed by atoms with E-state index in [-0.39, 0.29) is 11.9 Å². The summed E-state index contributed by atoms with van der Waals surface area (Å²) in [6, 6.07) is 7.80. The highest BCUT2D eigenvalue weighted by Crippen LogP contribution is 2.18. The van der Waals surface area contributed by atoms with Gasteiger partial charge in [-0.25, -0.2) is 0 Å². The van der Waals surface area contributed by atoms with Crippen LogP contribution in [0.3, 0.4) is 0 Å². The Kier molecular flexibility index (Phi) is 3.94. The van der Waals surface area contributed by atoms with Gasteiger partial charge in [0.1, 0.15) is 0 Å². The lowest BCUT2D eigenvalue weighted by Crippen LogP contribution is -2.47. The van der Waals surface area contributed by atoms with Gasteiger partial charge in [-0.1, -0.05) is 18.2 Å². The molecule has 1 aromatic carbocycles. The third-order valence-electron chi connectivity index (χ3n) is 4.19. The summed E-state index contributed by atoms with van der Waals surface area (Å²) in [4.78, 5) is 17.6. The molecule has 1 saturated heterocycles. The molecule has 1 fully saturated rings. The van der Waals surface area contributed by atoms with Crippen molar-refractivity contribution >= 4 is 16.8 Å². The molecule has 1 aliphatic rings. The monoisotopic (exact) mass is 286 g/mol. The Morgan fingerprint density at radius 3 is 3.10 bits per heavy atom. The second-order valence-electron chi connectivity index (χ2n) is 5.93. The number of carbonyl (C=O) groups is 1. The van der Waals surface area contributed by atoms with Crippen LogP contribution < -0.4 is 11.1 Å².